The van der Waals surface area contributed by atoms with Crippen LogP contribution in [-0.4, -0.2) is 35.3 Å². The Hall–Kier alpha value is -3.15. The standard InChI is InChI=1S/C17H16O6/c1-22-15-9-10(4-7-13(15)19)3-6-12(18)11-5-8-14(20)17(23-2)16(11)21/h3-9,19-21H,1-2H3/b6-3+. The average molecular weight is 316 g/mol. The van der Waals surface area contributed by atoms with Crippen LogP contribution in [0.3, 0.4) is 0 Å². The fourth-order valence-electron chi connectivity index (χ4n) is 2.02. The number of ketones is 1. The van der Waals surface area contributed by atoms with E-state index in [4.69, 9.17) is 9.47 Å². The summed E-state index contributed by atoms with van der Waals surface area (Å²) >= 11 is 0. The van der Waals surface area contributed by atoms with E-state index >= 15 is 0 Å². The predicted octanol–water partition coefficient (Wildman–Crippen LogP) is 2.72. The summed E-state index contributed by atoms with van der Waals surface area (Å²) in [7, 11) is 2.70. The highest BCUT2D eigenvalue weighted by atomic mass is 16.5. The fourth-order valence-corrected chi connectivity index (χ4v) is 2.02. The second-order valence-electron chi connectivity index (χ2n) is 4.64. The van der Waals surface area contributed by atoms with E-state index in [0.29, 0.717) is 5.56 Å². The second kappa shape index (κ2) is 6.74. The number of rotatable bonds is 5. The van der Waals surface area contributed by atoms with Crippen molar-refractivity contribution < 1.29 is 29.6 Å². The zero-order valence-corrected chi connectivity index (χ0v) is 12.6. The number of aromatic hydroxyl groups is 3. The van der Waals surface area contributed by atoms with Crippen molar-refractivity contribution in [2.45, 2.75) is 0 Å². The highest BCUT2D eigenvalue weighted by Gasteiger charge is 2.16. The van der Waals surface area contributed by atoms with Crippen LogP contribution < -0.4 is 9.47 Å². The van der Waals surface area contributed by atoms with E-state index in [1.165, 1.54) is 44.6 Å². The number of ether oxygens (including phenoxy) is 2. The largest absolute Gasteiger partial charge is 0.504 e. The van der Waals surface area contributed by atoms with Gasteiger partial charge in [-0.05, 0) is 35.9 Å². The summed E-state index contributed by atoms with van der Waals surface area (Å²) < 4.78 is 9.84. The molecule has 0 heterocycles. The first kappa shape index (κ1) is 16.2. The molecule has 0 bridgehead atoms. The third-order valence-electron chi connectivity index (χ3n) is 3.21. The number of methoxy groups -OCH3 is 2. The normalized spacial score (nSPS) is 10.7. The number of hydrogen-bond donors (Lipinski definition) is 3. The highest BCUT2D eigenvalue weighted by Crippen LogP contribution is 2.38. The summed E-state index contributed by atoms with van der Waals surface area (Å²) in [6.07, 6.45) is 2.78. The molecule has 2 rings (SSSR count). The number of carbonyl (C=O) groups is 1. The smallest absolute Gasteiger partial charge is 0.203 e. The highest BCUT2D eigenvalue weighted by molar-refractivity contribution is 6.09. The second-order valence-corrected chi connectivity index (χ2v) is 4.64. The number of allylic oxidation sites excluding steroid dienone is 1. The molecule has 0 saturated carbocycles. The molecular formula is C17H16O6. The lowest BCUT2D eigenvalue weighted by Gasteiger charge is -2.08. The van der Waals surface area contributed by atoms with Crippen LogP contribution >= 0.6 is 0 Å². The van der Waals surface area contributed by atoms with Crippen LogP contribution in [0.2, 0.25) is 0 Å². The first-order valence-corrected chi connectivity index (χ1v) is 6.66. The zero-order chi connectivity index (χ0) is 17.0. The van der Waals surface area contributed by atoms with Gasteiger partial charge >= 0.3 is 0 Å². The third kappa shape index (κ3) is 3.37. The molecule has 0 aromatic heterocycles. The SMILES string of the molecule is COc1cc(/C=C/C(=O)c2ccc(O)c(OC)c2O)ccc1O. The molecule has 3 N–H and O–H groups in total. The molecule has 0 atom stereocenters. The van der Waals surface area contributed by atoms with Gasteiger partial charge in [0.1, 0.15) is 0 Å². The lowest BCUT2D eigenvalue weighted by Crippen LogP contribution is -1.97. The Balaban J connectivity index is 2.29. The van der Waals surface area contributed by atoms with Crippen LogP contribution in [0.1, 0.15) is 15.9 Å². The Labute approximate surface area is 132 Å². The minimum atomic E-state index is -0.465. The molecule has 0 aliphatic heterocycles. The van der Waals surface area contributed by atoms with Gasteiger partial charge in [-0.1, -0.05) is 12.1 Å². The number of phenols is 3. The van der Waals surface area contributed by atoms with Crippen molar-refractivity contribution in [2.24, 2.45) is 0 Å². The van der Waals surface area contributed by atoms with Gasteiger partial charge < -0.3 is 24.8 Å². The number of carbonyl (C=O) groups excluding carboxylic acids is 1. The molecule has 0 amide bonds. The van der Waals surface area contributed by atoms with Gasteiger partial charge in [-0.15, -0.1) is 0 Å². The van der Waals surface area contributed by atoms with Crippen molar-refractivity contribution in [3.05, 3.63) is 47.5 Å². The molecule has 6 nitrogen and oxygen atoms in total. The first-order chi connectivity index (χ1) is 11.0. The maximum absolute atomic E-state index is 12.2. The maximum Gasteiger partial charge on any atom is 0.203 e. The van der Waals surface area contributed by atoms with E-state index < -0.39 is 11.5 Å². The lowest BCUT2D eigenvalue weighted by molar-refractivity contribution is 0.104. The molecule has 0 aliphatic carbocycles. The van der Waals surface area contributed by atoms with E-state index in [1.807, 2.05) is 0 Å². The van der Waals surface area contributed by atoms with Crippen LogP contribution in [-0.2, 0) is 0 Å². The summed E-state index contributed by atoms with van der Waals surface area (Å²) in [5.74, 6) is -1.02. The van der Waals surface area contributed by atoms with Gasteiger partial charge in [0.15, 0.2) is 28.8 Å². The maximum atomic E-state index is 12.2. The minimum absolute atomic E-state index is 0.00152. The minimum Gasteiger partial charge on any atom is -0.504 e. The summed E-state index contributed by atoms with van der Waals surface area (Å²) in [5.41, 5.74) is 0.639. The molecule has 0 saturated heterocycles. The quantitative estimate of drug-likeness (QED) is 0.580. The summed E-state index contributed by atoms with van der Waals surface area (Å²) in [6.45, 7) is 0. The van der Waals surface area contributed by atoms with Crippen LogP contribution in [0.5, 0.6) is 28.7 Å². The molecule has 0 fully saturated rings. The fraction of sp³-hybridized carbons (Fsp3) is 0.118. The molecule has 6 heteroatoms. The summed E-state index contributed by atoms with van der Waals surface area (Å²) in [4.78, 5) is 12.2. The van der Waals surface area contributed by atoms with Gasteiger partial charge in [0, 0.05) is 0 Å². The molecule has 23 heavy (non-hydrogen) atoms. The van der Waals surface area contributed by atoms with Crippen LogP contribution in [0.15, 0.2) is 36.4 Å². The molecule has 0 unspecified atom stereocenters. The van der Waals surface area contributed by atoms with E-state index in [1.54, 1.807) is 12.1 Å². The van der Waals surface area contributed by atoms with Crippen LogP contribution in [0, 0.1) is 0 Å². The van der Waals surface area contributed by atoms with Crippen LogP contribution in [0.25, 0.3) is 6.08 Å². The molecule has 2 aromatic rings. The van der Waals surface area contributed by atoms with Crippen LogP contribution in [0.4, 0.5) is 0 Å². The molecule has 0 spiro atoms. The van der Waals surface area contributed by atoms with E-state index in [-0.39, 0.29) is 28.6 Å². The molecule has 0 radical (unpaired) electrons. The number of hydrogen-bond acceptors (Lipinski definition) is 6. The Bertz CT molecular complexity index is 764. The van der Waals surface area contributed by atoms with Crippen molar-refractivity contribution in [2.75, 3.05) is 14.2 Å². The summed E-state index contributed by atoms with van der Waals surface area (Å²) in [5, 5.41) is 29.0. The van der Waals surface area contributed by atoms with E-state index in [9.17, 15) is 20.1 Å². The van der Waals surface area contributed by atoms with Crippen molar-refractivity contribution in [1.29, 1.82) is 0 Å². The summed E-state index contributed by atoms with van der Waals surface area (Å²) in [6, 6.07) is 7.19. The van der Waals surface area contributed by atoms with Crippen molar-refractivity contribution >= 4 is 11.9 Å². The van der Waals surface area contributed by atoms with Gasteiger partial charge in [0.05, 0.1) is 19.8 Å². The molecule has 0 aliphatic rings. The van der Waals surface area contributed by atoms with Gasteiger partial charge in [0.25, 0.3) is 0 Å². The van der Waals surface area contributed by atoms with E-state index in [2.05, 4.69) is 0 Å². The molecular weight excluding hydrogens is 300 g/mol. The Morgan fingerprint density at radius 2 is 1.70 bits per heavy atom. The predicted molar refractivity (Wildman–Crippen MR) is 84.3 cm³/mol. The molecule has 2 aromatic carbocycles. The van der Waals surface area contributed by atoms with Gasteiger partial charge in [-0.25, -0.2) is 0 Å². The van der Waals surface area contributed by atoms with Gasteiger partial charge in [0.2, 0.25) is 5.75 Å². The van der Waals surface area contributed by atoms with Crippen molar-refractivity contribution in [1.82, 2.24) is 0 Å². The number of phenolic OH excluding ortho intramolecular Hbond substituents is 3. The third-order valence-corrected chi connectivity index (χ3v) is 3.21. The first-order valence-electron chi connectivity index (χ1n) is 6.66. The zero-order valence-electron chi connectivity index (χ0n) is 12.6. The van der Waals surface area contributed by atoms with Gasteiger partial charge in [-0.2, -0.15) is 0 Å². The molecule has 120 valence electrons. The Kier molecular flexibility index (Phi) is 4.75. The van der Waals surface area contributed by atoms with E-state index in [0.717, 1.165) is 0 Å². The monoisotopic (exact) mass is 316 g/mol. The topological polar surface area (TPSA) is 96.2 Å². The Morgan fingerprint density at radius 1 is 1.00 bits per heavy atom. The lowest BCUT2D eigenvalue weighted by atomic mass is 10.1. The van der Waals surface area contributed by atoms with Crippen molar-refractivity contribution in [3.63, 3.8) is 0 Å². The number of benzene rings is 2. The van der Waals surface area contributed by atoms with Gasteiger partial charge in [-0.3, -0.25) is 4.79 Å². The van der Waals surface area contributed by atoms with Crippen molar-refractivity contribution in [3.8, 4) is 28.7 Å². The average Bonchev–Trinajstić information content (AvgIpc) is 2.54. The Morgan fingerprint density at radius 3 is 2.35 bits per heavy atom.